The van der Waals surface area contributed by atoms with Crippen LogP contribution in [0.5, 0.6) is 0 Å². The Labute approximate surface area is 243 Å². The largest absolute Gasteiger partial charge is 0.447 e. The van der Waals surface area contributed by atoms with Gasteiger partial charge < -0.3 is 8.23 Å². The summed E-state index contributed by atoms with van der Waals surface area (Å²) in [6, 6.07) is 0. The highest BCUT2D eigenvalue weighted by atomic mass is 32.5. The third-order valence-corrected chi connectivity index (χ3v) is 47.7. The van der Waals surface area contributed by atoms with Crippen molar-refractivity contribution >= 4 is 42.2 Å². The third-order valence-electron chi connectivity index (χ3n) is 9.62. The van der Waals surface area contributed by atoms with Crippen molar-refractivity contribution in [3.8, 4) is 0 Å². The van der Waals surface area contributed by atoms with E-state index in [2.05, 4.69) is 149 Å². The minimum absolute atomic E-state index is 0.543. The monoisotopic (exact) mass is 606 g/mol. The molecule has 0 N–H and O–H groups in total. The number of hydrogen-bond donors (Lipinski definition) is 0. The van der Waals surface area contributed by atoms with E-state index in [0.29, 0.717) is 55.4 Å². The summed E-state index contributed by atoms with van der Waals surface area (Å²) in [5.74, 6) is 0. The summed E-state index contributed by atoms with van der Waals surface area (Å²) in [7, 11) is -6.35. The van der Waals surface area contributed by atoms with Gasteiger partial charge in [0, 0.05) is 0 Å². The van der Waals surface area contributed by atoms with Crippen LogP contribution in [0.1, 0.15) is 138 Å². The zero-order valence-corrected chi connectivity index (χ0v) is 33.8. The van der Waals surface area contributed by atoms with Gasteiger partial charge in [-0.25, -0.2) is 0 Å². The molecule has 0 aliphatic rings. The quantitative estimate of drug-likeness (QED) is 0.163. The first kappa shape index (κ1) is 38.1. The Balaban J connectivity index is 7.49. The molecule has 0 aliphatic heterocycles. The van der Waals surface area contributed by atoms with Gasteiger partial charge in [0.1, 0.15) is 0 Å². The summed E-state index contributed by atoms with van der Waals surface area (Å²) in [4.78, 5) is 0. The van der Waals surface area contributed by atoms with Crippen LogP contribution in [0.3, 0.4) is 0 Å². The lowest BCUT2D eigenvalue weighted by Gasteiger charge is -2.57. The molecule has 0 aromatic rings. The zero-order chi connectivity index (χ0) is 29.9. The lowest BCUT2D eigenvalue weighted by atomic mass is 10.5. The molecule has 224 valence electrons. The second-order valence-electron chi connectivity index (χ2n) is 15.0. The average Bonchev–Trinajstić information content (AvgIpc) is 2.70. The second kappa shape index (κ2) is 14.3. The molecule has 0 bridgehead atoms. The molecule has 2 nitrogen and oxygen atoms in total. The van der Waals surface area contributed by atoms with E-state index < -0.39 is 31.6 Å². The summed E-state index contributed by atoms with van der Waals surface area (Å²) >= 11 is 0. The van der Waals surface area contributed by atoms with Crippen molar-refractivity contribution in [1.82, 2.24) is 0 Å². The maximum absolute atomic E-state index is 8.10. The SMILES string of the molecule is CC(C)[Si](O[Si](C(C)C)(C(C)C)C(C)C)(S[Si](O[Si](C(C)C)(C(C)C)C(C)C)(C(C)C)C(C)C)C(C)C. The van der Waals surface area contributed by atoms with Crippen LogP contribution in [0, 0.1) is 0 Å². The van der Waals surface area contributed by atoms with Gasteiger partial charge in [-0.15, -0.1) is 10.7 Å². The summed E-state index contributed by atoms with van der Waals surface area (Å²) < 4.78 is 16.2. The van der Waals surface area contributed by atoms with Crippen LogP contribution in [0.15, 0.2) is 0 Å². The fourth-order valence-corrected chi connectivity index (χ4v) is 57.0. The van der Waals surface area contributed by atoms with Gasteiger partial charge in [0.25, 0.3) is 0 Å². The normalized spacial score (nSPS) is 15.1. The van der Waals surface area contributed by atoms with Crippen LogP contribution in [-0.4, -0.2) is 31.6 Å². The molecule has 0 radical (unpaired) electrons. The van der Waals surface area contributed by atoms with Crippen molar-refractivity contribution < 1.29 is 8.23 Å². The highest BCUT2D eigenvalue weighted by molar-refractivity contribution is 8.49. The summed E-state index contributed by atoms with van der Waals surface area (Å²) in [6.07, 6.45) is 0. The van der Waals surface area contributed by atoms with Crippen LogP contribution in [0.4, 0.5) is 0 Å². The van der Waals surface area contributed by atoms with Gasteiger partial charge in [-0.3, -0.25) is 0 Å². The van der Waals surface area contributed by atoms with Gasteiger partial charge >= 0.3 is 0 Å². The Bertz CT molecular complexity index is 557. The third kappa shape index (κ3) is 7.32. The Morgan fingerprint density at radius 3 is 0.568 bits per heavy atom. The van der Waals surface area contributed by atoms with E-state index >= 15 is 0 Å². The summed E-state index contributed by atoms with van der Waals surface area (Å²) in [6.45, 7) is 49.3. The predicted molar refractivity (Wildman–Crippen MR) is 184 cm³/mol. The Hall–Kier alpha value is 1.14. The molecule has 0 rings (SSSR count). The Morgan fingerprint density at radius 2 is 0.459 bits per heavy atom. The predicted octanol–water partition coefficient (Wildman–Crippen LogP) is 12.6. The summed E-state index contributed by atoms with van der Waals surface area (Å²) in [5, 5.41) is 0. The van der Waals surface area contributed by atoms with Gasteiger partial charge in [-0.1, -0.05) is 138 Å². The smallest absolute Gasteiger partial charge is 0.245 e. The van der Waals surface area contributed by atoms with Crippen molar-refractivity contribution in [2.24, 2.45) is 0 Å². The van der Waals surface area contributed by atoms with Crippen LogP contribution in [-0.2, 0) is 8.23 Å². The van der Waals surface area contributed by atoms with E-state index in [1.165, 1.54) is 0 Å². The standard InChI is InChI=1S/C30H70O2SSi4/c1-21(2)34(22(3)4,23(5)6)31-36(27(13)14,28(15)16)33-37(29(17)18,30(19)20)32-35(24(7)8,25(9)10)26(11)12/h21-30H,1-20H3. The van der Waals surface area contributed by atoms with Crippen molar-refractivity contribution in [3.63, 3.8) is 0 Å². The molecule has 0 saturated carbocycles. The molecule has 7 heteroatoms. The molecule has 0 fully saturated rings. The lowest BCUT2D eigenvalue weighted by Crippen LogP contribution is -2.64. The molecule has 0 heterocycles. The highest BCUT2D eigenvalue weighted by Crippen LogP contribution is 2.60. The topological polar surface area (TPSA) is 18.5 Å². The lowest BCUT2D eigenvalue weighted by molar-refractivity contribution is 0.454. The fraction of sp³-hybridized carbons (Fsp3) is 1.00. The van der Waals surface area contributed by atoms with E-state index in [-0.39, 0.29) is 0 Å². The Morgan fingerprint density at radius 1 is 0.297 bits per heavy atom. The van der Waals surface area contributed by atoms with E-state index in [4.69, 9.17) is 8.23 Å². The first-order chi connectivity index (χ1) is 16.6. The van der Waals surface area contributed by atoms with E-state index in [1.807, 2.05) is 0 Å². The van der Waals surface area contributed by atoms with Gasteiger partial charge in [-0.2, -0.15) is 0 Å². The van der Waals surface area contributed by atoms with Crippen LogP contribution >= 0.6 is 10.7 Å². The molecule has 0 aromatic heterocycles. The van der Waals surface area contributed by atoms with Crippen LogP contribution in [0.25, 0.3) is 0 Å². The van der Waals surface area contributed by atoms with E-state index in [0.717, 1.165) is 0 Å². The molecule has 0 atom stereocenters. The number of hydrogen-bond acceptors (Lipinski definition) is 3. The Kier molecular flexibility index (Phi) is 14.8. The molecular weight excluding hydrogens is 537 g/mol. The minimum atomic E-state index is -2.30. The number of rotatable bonds is 16. The molecule has 0 aliphatic carbocycles. The first-order valence-electron chi connectivity index (χ1n) is 15.7. The van der Waals surface area contributed by atoms with Crippen molar-refractivity contribution in [2.45, 2.75) is 194 Å². The first-order valence-corrected chi connectivity index (χ1v) is 26.3. The van der Waals surface area contributed by atoms with Crippen molar-refractivity contribution in [2.75, 3.05) is 0 Å². The van der Waals surface area contributed by atoms with Crippen LogP contribution < -0.4 is 0 Å². The molecule has 37 heavy (non-hydrogen) atoms. The van der Waals surface area contributed by atoms with Gasteiger partial charge in [-0.05, 0) is 55.4 Å². The molecule has 0 aromatic carbocycles. The maximum atomic E-state index is 8.10. The maximum Gasteiger partial charge on any atom is 0.245 e. The second-order valence-corrected chi connectivity index (χ2v) is 41.0. The summed E-state index contributed by atoms with van der Waals surface area (Å²) in [5.41, 5.74) is 5.77. The van der Waals surface area contributed by atoms with Gasteiger partial charge in [0.15, 0.2) is 16.6 Å². The van der Waals surface area contributed by atoms with Gasteiger partial charge in [0.05, 0.1) is 0 Å². The van der Waals surface area contributed by atoms with E-state index in [9.17, 15) is 0 Å². The fourth-order valence-electron chi connectivity index (χ4n) is 7.83. The molecule has 0 unspecified atom stereocenters. The minimum Gasteiger partial charge on any atom is -0.447 e. The molecule has 0 saturated heterocycles. The molecular formula is C30H70O2SSi4. The van der Waals surface area contributed by atoms with Gasteiger partial charge in [0.2, 0.25) is 14.9 Å². The zero-order valence-electron chi connectivity index (χ0n) is 29.0. The van der Waals surface area contributed by atoms with Crippen molar-refractivity contribution in [1.29, 1.82) is 0 Å². The van der Waals surface area contributed by atoms with Crippen molar-refractivity contribution in [3.05, 3.63) is 0 Å². The van der Waals surface area contributed by atoms with E-state index in [1.54, 1.807) is 0 Å². The molecule has 0 spiro atoms. The van der Waals surface area contributed by atoms with Crippen LogP contribution in [0.2, 0.25) is 55.4 Å². The highest BCUT2D eigenvalue weighted by Gasteiger charge is 2.62. The average molecular weight is 607 g/mol. The molecule has 0 amide bonds.